The van der Waals surface area contributed by atoms with Gasteiger partial charge < -0.3 is 20.9 Å². The number of fused-ring (bicyclic) bond motifs is 1. The van der Waals surface area contributed by atoms with Crippen LogP contribution in [0.1, 0.15) is 47.1 Å². The van der Waals surface area contributed by atoms with E-state index in [0.29, 0.717) is 6.04 Å². The van der Waals surface area contributed by atoms with Crippen molar-refractivity contribution in [2.24, 2.45) is 10.8 Å². The predicted octanol–water partition coefficient (Wildman–Crippen LogP) is 5.28. The second kappa shape index (κ2) is 8.84. The summed E-state index contributed by atoms with van der Waals surface area (Å²) in [4.78, 5) is 7.34. The summed E-state index contributed by atoms with van der Waals surface area (Å²) >= 11 is 0. The summed E-state index contributed by atoms with van der Waals surface area (Å²) in [6.45, 7) is 16.3. The molecule has 0 saturated carbocycles. The number of pyridine rings is 1. The molecular weight excluding hydrogens is 370 g/mol. The third-order valence-corrected chi connectivity index (χ3v) is 5.28. The molecule has 5 nitrogen and oxygen atoms in total. The average molecular weight is 410 g/mol. The van der Waals surface area contributed by atoms with Crippen LogP contribution in [0.5, 0.6) is 0 Å². The Morgan fingerprint density at radius 2 is 1.67 bits per heavy atom. The highest BCUT2D eigenvalue weighted by Crippen LogP contribution is 2.34. The van der Waals surface area contributed by atoms with E-state index in [2.05, 4.69) is 98.8 Å². The van der Waals surface area contributed by atoms with Gasteiger partial charge in [0.2, 0.25) is 0 Å². The molecule has 0 amide bonds. The fourth-order valence-electron chi connectivity index (χ4n) is 3.69. The molecule has 0 fully saturated rings. The summed E-state index contributed by atoms with van der Waals surface area (Å²) in [6, 6.07) is 13.4. The smallest absolute Gasteiger partial charge is 0.151 e. The normalized spacial score (nSPS) is 16.9. The lowest BCUT2D eigenvalue weighted by Gasteiger charge is -2.37. The van der Waals surface area contributed by atoms with Crippen molar-refractivity contribution >= 4 is 23.0 Å². The number of aromatic nitrogens is 1. The van der Waals surface area contributed by atoms with Crippen LogP contribution < -0.4 is 20.9 Å². The molecule has 1 aromatic carbocycles. The van der Waals surface area contributed by atoms with Gasteiger partial charge in [0.1, 0.15) is 5.82 Å². The van der Waals surface area contributed by atoms with Crippen LogP contribution in [0.3, 0.4) is 0 Å². The Balaban J connectivity index is 1.87. The predicted molar refractivity (Wildman–Crippen MR) is 130 cm³/mol. The van der Waals surface area contributed by atoms with E-state index in [-0.39, 0.29) is 10.8 Å². The van der Waals surface area contributed by atoms with E-state index in [1.54, 1.807) is 0 Å². The van der Waals surface area contributed by atoms with Crippen molar-refractivity contribution in [2.75, 3.05) is 42.2 Å². The summed E-state index contributed by atoms with van der Waals surface area (Å²) in [6.07, 6.45) is 1.05. The lowest BCUT2D eigenvalue weighted by Crippen LogP contribution is -2.47. The third-order valence-electron chi connectivity index (χ3n) is 5.28. The molecule has 1 aliphatic heterocycles. The average Bonchev–Trinajstić information content (AvgIpc) is 2.69. The van der Waals surface area contributed by atoms with Gasteiger partial charge in [-0.1, -0.05) is 59.7 Å². The van der Waals surface area contributed by atoms with Crippen LogP contribution in [-0.4, -0.2) is 37.7 Å². The Morgan fingerprint density at radius 1 is 0.967 bits per heavy atom. The molecular formula is C25H39N5. The highest BCUT2D eigenvalue weighted by atomic mass is 15.2. The fourth-order valence-corrected chi connectivity index (χ4v) is 3.69. The summed E-state index contributed by atoms with van der Waals surface area (Å²) in [7, 11) is 1.94. The van der Waals surface area contributed by atoms with Gasteiger partial charge in [-0.25, -0.2) is 4.98 Å². The molecule has 0 aliphatic carbocycles. The molecule has 1 aliphatic rings. The highest BCUT2D eigenvalue weighted by Gasteiger charge is 2.27. The number of rotatable bonds is 6. The largest absolute Gasteiger partial charge is 0.382 e. The molecule has 5 heteroatoms. The van der Waals surface area contributed by atoms with E-state index in [0.717, 1.165) is 43.4 Å². The Labute approximate surface area is 182 Å². The maximum atomic E-state index is 4.98. The summed E-state index contributed by atoms with van der Waals surface area (Å²) in [5.41, 5.74) is 4.15. The van der Waals surface area contributed by atoms with Crippen molar-refractivity contribution < 1.29 is 0 Å². The summed E-state index contributed by atoms with van der Waals surface area (Å²) < 4.78 is 0. The molecule has 164 valence electrons. The zero-order valence-corrected chi connectivity index (χ0v) is 19.8. The molecule has 0 bridgehead atoms. The Bertz CT molecular complexity index is 847. The molecule has 3 rings (SSSR count). The standard InChI is InChI=1S/C25H39N5/c1-24(2,3)16-27-19-14-18-10-8-9-11-21(18)30(15-19)22-13-12-20(23(26-7)29-22)28-17-25(4,5)6/h8-13,19,27-28H,14-17H2,1-7H3,(H,26,29). The lowest BCUT2D eigenvalue weighted by molar-refractivity contribution is 0.347. The van der Waals surface area contributed by atoms with Crippen molar-refractivity contribution in [3.8, 4) is 0 Å². The van der Waals surface area contributed by atoms with Crippen molar-refractivity contribution in [1.82, 2.24) is 10.3 Å². The van der Waals surface area contributed by atoms with Gasteiger partial charge in [-0.05, 0) is 41.0 Å². The minimum atomic E-state index is 0.210. The SMILES string of the molecule is CNc1nc(N2CC(NCC(C)(C)C)Cc3ccccc32)ccc1NCC(C)(C)C. The number of para-hydroxylation sites is 1. The maximum absolute atomic E-state index is 4.98. The van der Waals surface area contributed by atoms with Crippen LogP contribution in [0.4, 0.5) is 23.0 Å². The van der Waals surface area contributed by atoms with Gasteiger partial charge in [0.05, 0.1) is 5.69 Å². The number of nitrogens with zero attached hydrogens (tertiary/aromatic N) is 2. The van der Waals surface area contributed by atoms with E-state index in [1.807, 2.05) is 7.05 Å². The van der Waals surface area contributed by atoms with E-state index in [1.165, 1.54) is 11.3 Å². The van der Waals surface area contributed by atoms with Crippen molar-refractivity contribution in [2.45, 2.75) is 54.0 Å². The van der Waals surface area contributed by atoms with E-state index in [9.17, 15) is 0 Å². The first-order valence-corrected chi connectivity index (χ1v) is 11.1. The third kappa shape index (κ3) is 5.88. The van der Waals surface area contributed by atoms with Crippen molar-refractivity contribution in [3.63, 3.8) is 0 Å². The molecule has 3 N–H and O–H groups in total. The van der Waals surface area contributed by atoms with Gasteiger partial charge in [-0.3, -0.25) is 0 Å². The number of hydrogen-bond acceptors (Lipinski definition) is 5. The van der Waals surface area contributed by atoms with Gasteiger partial charge in [0.25, 0.3) is 0 Å². The van der Waals surface area contributed by atoms with E-state index >= 15 is 0 Å². The van der Waals surface area contributed by atoms with Gasteiger partial charge >= 0.3 is 0 Å². The van der Waals surface area contributed by atoms with Crippen LogP contribution in [0.2, 0.25) is 0 Å². The molecule has 30 heavy (non-hydrogen) atoms. The lowest BCUT2D eigenvalue weighted by atomic mass is 9.94. The summed E-state index contributed by atoms with van der Waals surface area (Å²) in [5.74, 6) is 1.87. The molecule has 0 saturated heterocycles. The van der Waals surface area contributed by atoms with Crippen LogP contribution >= 0.6 is 0 Å². The quantitative estimate of drug-likeness (QED) is 0.606. The minimum Gasteiger partial charge on any atom is -0.382 e. The second-order valence-electron chi connectivity index (χ2n) is 10.8. The highest BCUT2D eigenvalue weighted by molar-refractivity contribution is 5.72. The number of benzene rings is 1. The monoisotopic (exact) mass is 409 g/mol. The zero-order valence-electron chi connectivity index (χ0n) is 19.8. The first kappa shape index (κ1) is 22.4. The minimum absolute atomic E-state index is 0.210. The first-order valence-electron chi connectivity index (χ1n) is 11.1. The molecule has 2 heterocycles. The van der Waals surface area contributed by atoms with Crippen LogP contribution in [0.25, 0.3) is 0 Å². The first-order chi connectivity index (χ1) is 14.1. The Kier molecular flexibility index (Phi) is 6.61. The molecule has 0 spiro atoms. The molecule has 1 unspecified atom stereocenters. The Morgan fingerprint density at radius 3 is 2.33 bits per heavy atom. The van der Waals surface area contributed by atoms with Crippen LogP contribution in [0.15, 0.2) is 36.4 Å². The van der Waals surface area contributed by atoms with Crippen molar-refractivity contribution in [1.29, 1.82) is 0 Å². The zero-order chi connectivity index (χ0) is 21.9. The van der Waals surface area contributed by atoms with Crippen molar-refractivity contribution in [3.05, 3.63) is 42.0 Å². The number of anilines is 4. The number of hydrogen-bond donors (Lipinski definition) is 3. The topological polar surface area (TPSA) is 52.2 Å². The number of nitrogens with one attached hydrogen (secondary N) is 3. The van der Waals surface area contributed by atoms with Crippen LogP contribution in [0, 0.1) is 10.8 Å². The van der Waals surface area contributed by atoms with Gasteiger partial charge in [-0.2, -0.15) is 0 Å². The van der Waals surface area contributed by atoms with Crippen LogP contribution in [-0.2, 0) is 6.42 Å². The van der Waals surface area contributed by atoms with E-state index in [4.69, 9.17) is 4.98 Å². The molecule has 0 radical (unpaired) electrons. The Hall–Kier alpha value is -2.27. The van der Waals surface area contributed by atoms with Gasteiger partial charge in [0.15, 0.2) is 5.82 Å². The fraction of sp³-hybridized carbons (Fsp3) is 0.560. The summed E-state index contributed by atoms with van der Waals surface area (Å²) in [5, 5.41) is 10.6. The van der Waals surface area contributed by atoms with E-state index < -0.39 is 0 Å². The molecule has 2 aromatic rings. The molecule has 1 aromatic heterocycles. The van der Waals surface area contributed by atoms with Gasteiger partial charge in [0, 0.05) is 38.4 Å². The molecule has 1 atom stereocenters. The maximum Gasteiger partial charge on any atom is 0.151 e. The van der Waals surface area contributed by atoms with Gasteiger partial charge in [-0.15, -0.1) is 0 Å². The second-order valence-corrected chi connectivity index (χ2v) is 10.8.